The summed E-state index contributed by atoms with van der Waals surface area (Å²) in [6.45, 7) is 35.3. The van der Waals surface area contributed by atoms with E-state index in [4.69, 9.17) is 70.0 Å². The number of carbonyl (C=O) groups is 1. The van der Waals surface area contributed by atoms with Crippen molar-refractivity contribution in [2.24, 2.45) is 10.7 Å². The van der Waals surface area contributed by atoms with Crippen LogP contribution in [0, 0.1) is 13.1 Å². The van der Waals surface area contributed by atoms with Gasteiger partial charge in [-0.25, -0.2) is 58.0 Å². The number of halogens is 3. The summed E-state index contributed by atoms with van der Waals surface area (Å²) >= 11 is 15.2. The van der Waals surface area contributed by atoms with E-state index in [9.17, 15) is 4.79 Å². The van der Waals surface area contributed by atoms with Gasteiger partial charge in [0.1, 0.15) is 40.4 Å². The number of imidazole rings is 1. The Kier molecular flexibility index (Phi) is 64.1. The van der Waals surface area contributed by atoms with Gasteiger partial charge in [0.15, 0.2) is 26.4 Å². The van der Waals surface area contributed by atoms with Gasteiger partial charge in [-0.1, -0.05) is 257 Å². The van der Waals surface area contributed by atoms with Crippen LogP contribution in [0.1, 0.15) is 117 Å². The number of aliphatic hydroxyl groups is 1. The smallest absolute Gasteiger partial charge is 0.318 e. The fourth-order valence-electron chi connectivity index (χ4n) is 10.9. The molecule has 7 aromatic carbocycles. The van der Waals surface area contributed by atoms with Gasteiger partial charge in [-0.3, -0.25) is 9.64 Å². The van der Waals surface area contributed by atoms with Crippen molar-refractivity contribution in [3.8, 4) is 17.1 Å². The van der Waals surface area contributed by atoms with Crippen LogP contribution in [0.2, 0.25) is 18.5 Å². The third kappa shape index (κ3) is 50.2. The number of ether oxygens (including phenoxy) is 5. The quantitative estimate of drug-likeness (QED) is 0.00266. The number of nitrogen functional groups attached to an aromatic ring is 1. The molecule has 5 heterocycles. The summed E-state index contributed by atoms with van der Waals surface area (Å²) < 4.78 is 35.2. The first-order valence-corrected chi connectivity index (χ1v) is 56.4. The second-order valence-electron chi connectivity index (χ2n) is 26.6. The van der Waals surface area contributed by atoms with Gasteiger partial charge in [0.05, 0.1) is 49.7 Å². The minimum Gasteiger partial charge on any atom is -0.465 e. The van der Waals surface area contributed by atoms with E-state index in [2.05, 4.69) is 168 Å². The SMILES string of the molecule is C=C(OCC)c1ccnc(SC)n1.C=[C](OCC)[Sn]([CH2]CCC)([CH2]CCC)[CH2]CCC.CSc1nccc(-c2cn(-c3ccccc3)c(COCc3ccccc3)n2)n1.CSc1nccc(C(=O)CBr)n1.CSc1nccc(Cl)n1.NC(=Nc1ccccc1)OCCc1ccccc1.Nc1ccccc1.OCc1ccccc1.[C-]#[N+]CBr.[C-]#[N+]COCc1ccccc1. The molecule has 5 aromatic heterocycles. The van der Waals surface area contributed by atoms with Gasteiger partial charge >= 0.3 is 126 Å². The van der Waals surface area contributed by atoms with E-state index in [-0.39, 0.29) is 25.1 Å². The van der Waals surface area contributed by atoms with Gasteiger partial charge in [0.25, 0.3) is 11.5 Å². The van der Waals surface area contributed by atoms with Gasteiger partial charge in [-0.15, -0.1) is 0 Å². The monoisotopic (exact) mass is 2060 g/mol. The number of nitrogens with two attached hydrogens (primary N) is 2. The molecule has 0 atom stereocenters. The molecule has 30 heteroatoms. The third-order valence-corrected chi connectivity index (χ3v) is 35.5. The Morgan fingerprint density at radius 3 is 1.38 bits per heavy atom. The number of hydrogen-bond donors (Lipinski definition) is 3. The second-order valence-corrected chi connectivity index (χ2v) is 44.3. The number of benzene rings is 7. The molecule has 0 aliphatic rings. The number of amidine groups is 1. The number of carbonyl (C=O) groups excluding carboxylic acids is 1. The summed E-state index contributed by atoms with van der Waals surface area (Å²) in [5.74, 6) is 1.41. The van der Waals surface area contributed by atoms with Crippen LogP contribution < -0.4 is 11.5 Å². The molecular formula is C98H120Br2ClN15O7S4Sn. The number of anilines is 1. The van der Waals surface area contributed by atoms with Crippen molar-refractivity contribution in [2.75, 3.05) is 68.1 Å². The van der Waals surface area contributed by atoms with Gasteiger partial charge < -0.3 is 44.9 Å². The van der Waals surface area contributed by atoms with Crippen LogP contribution in [0.15, 0.2) is 310 Å². The Hall–Kier alpha value is -9.80. The maximum Gasteiger partial charge on any atom is 0.318 e. The summed E-state index contributed by atoms with van der Waals surface area (Å²) in [5.41, 5.74) is 21.4. The maximum atomic E-state index is 11.1. The summed E-state index contributed by atoms with van der Waals surface area (Å²) in [6, 6.07) is 75.9. The third-order valence-electron chi connectivity index (χ3n) is 17.2. The molecule has 0 bridgehead atoms. The second kappa shape index (κ2) is 73.0. The van der Waals surface area contributed by atoms with Crippen molar-refractivity contribution in [3.05, 3.63) is 352 Å². The number of hydrogen-bond acceptors (Lipinski definition) is 22. The first-order valence-electron chi connectivity index (χ1n) is 41.4. The minimum absolute atomic E-state index is 0.0206. The van der Waals surface area contributed by atoms with Crippen LogP contribution in [0.5, 0.6) is 0 Å². The molecule has 12 rings (SSSR count). The Labute approximate surface area is 801 Å². The van der Waals surface area contributed by atoms with Crippen LogP contribution >= 0.6 is 90.5 Å². The van der Waals surface area contributed by atoms with Crippen LogP contribution in [0.4, 0.5) is 11.4 Å². The van der Waals surface area contributed by atoms with Crippen molar-refractivity contribution in [1.29, 1.82) is 0 Å². The number of ketones is 1. The normalized spacial score (nSPS) is 10.1. The van der Waals surface area contributed by atoms with Gasteiger partial charge in [0, 0.05) is 64.7 Å². The van der Waals surface area contributed by atoms with Gasteiger partial charge in [-0.05, 0) is 115 Å². The number of unbranched alkanes of at least 4 members (excludes halogenated alkanes) is 3. The van der Waals surface area contributed by atoms with E-state index in [0.717, 1.165) is 80.0 Å². The zero-order chi connectivity index (χ0) is 93.3. The summed E-state index contributed by atoms with van der Waals surface area (Å²) in [4.78, 5) is 59.0. The largest absolute Gasteiger partial charge is 0.465 e. The Balaban J connectivity index is 0.000000381. The van der Waals surface area contributed by atoms with Crippen LogP contribution in [-0.2, 0) is 56.5 Å². The van der Waals surface area contributed by atoms with Crippen molar-refractivity contribution in [2.45, 2.75) is 140 Å². The summed E-state index contributed by atoms with van der Waals surface area (Å²) in [6.07, 6.45) is 25.3. The van der Waals surface area contributed by atoms with Crippen molar-refractivity contribution in [1.82, 2.24) is 49.4 Å². The number of para-hydroxylation sites is 3. The molecule has 0 saturated heterocycles. The zero-order valence-electron chi connectivity index (χ0n) is 74.6. The molecule has 0 saturated carbocycles. The number of nitrogens with zero attached hydrogens (tertiary/aromatic N) is 13. The number of aromatic nitrogens is 10. The van der Waals surface area contributed by atoms with E-state index in [1.54, 1.807) is 43.0 Å². The van der Waals surface area contributed by atoms with Gasteiger partial charge in [-0.2, -0.15) is 4.99 Å². The fraction of sp³-hybridized carbons (Fsp3) is 0.296. The fourth-order valence-corrected chi connectivity index (χ4v) is 27.4. The number of alkyl halides is 2. The zero-order valence-corrected chi connectivity index (χ0v) is 84.6. The molecule has 0 unspecified atom stereocenters. The van der Waals surface area contributed by atoms with Crippen LogP contribution in [0.25, 0.3) is 32.5 Å². The van der Waals surface area contributed by atoms with Gasteiger partial charge in [0.2, 0.25) is 0 Å². The van der Waals surface area contributed by atoms with E-state index in [1.165, 1.54) is 108 Å². The first kappa shape index (κ1) is 112. The van der Waals surface area contributed by atoms with E-state index >= 15 is 0 Å². The Morgan fingerprint density at radius 2 is 0.945 bits per heavy atom. The van der Waals surface area contributed by atoms with Crippen molar-refractivity contribution in [3.63, 3.8) is 0 Å². The van der Waals surface area contributed by atoms with Crippen molar-refractivity contribution >= 4 is 138 Å². The summed E-state index contributed by atoms with van der Waals surface area (Å²) in [5, 5.41) is 12.1. The average Bonchev–Trinajstić information content (AvgIpc) is 1.70. The Bertz CT molecular complexity index is 5020. The summed E-state index contributed by atoms with van der Waals surface area (Å²) in [7, 11) is 0. The molecule has 0 spiro atoms. The first-order chi connectivity index (χ1) is 62.4. The predicted molar refractivity (Wildman–Crippen MR) is 542 cm³/mol. The van der Waals surface area contributed by atoms with Crippen LogP contribution in [0.3, 0.4) is 0 Å². The number of aliphatic imine (C=N–C) groups is 1. The number of rotatable bonds is 35. The molecule has 5 N–H and O–H groups in total. The standard InChI is InChI=1S/C22H20N4OS.C15H16N2O.C9H12N2OS.C9H9NO.C7H7BrN2OS.C7H8O.C6H7N.C5H5ClN2S.C4H7O.3C4H9.C2H2BrN.Sn/c1-28-22-23-13-12-19(25-22)20-14-26(18-10-6-3-7-11-18)21(24-20)16-27-15-17-8-4-2-5-9-17;16-15(17-14-9-5-2-6-10-14)18-12-11-13-7-3-1-4-8-13;1-4-12-7(2)8-5-6-10-9(11-8)13-3;1-10-8-11-7-9-5-3-2-4-6-9;1-12-7-9-3-2-5(10-7)6(11)4-8;8-6-7-4-2-1-3-5-7;7-6-4-2-1-3-5-6;1-9-5-7-3-2-4(6)8-5;1-3-5-4-2;3*1-3-4-2;1-4-2-3;/h2-14H,15-16H2,1H3;1-10H,11-12H2,(H2,16,17);5-6H,2,4H2,1,3H3;2-6H,7-8H2;2-3H,4H2,1H3;1-5,8H,6H2;1-5H,7H2;2-3H,1H3;1,4H2,2H3;3*1,3-4H2,2H3;2H2;. The van der Waals surface area contributed by atoms with Crippen molar-refractivity contribution < 1.29 is 33.6 Å². The van der Waals surface area contributed by atoms with E-state index < -0.39 is 18.4 Å². The molecule has 128 heavy (non-hydrogen) atoms. The molecule has 0 aliphatic heterocycles. The number of Topliss-reactive ketones (excluding diaryl/α,β-unsaturated/α-hetero) is 1. The maximum absolute atomic E-state index is 11.1. The molecule has 0 aliphatic carbocycles. The molecule has 0 amide bonds. The number of thioether (sulfide) groups is 4. The molecule has 0 fully saturated rings. The molecule has 22 nitrogen and oxygen atoms in total. The van der Waals surface area contributed by atoms with E-state index in [0.29, 0.717) is 70.7 Å². The number of aliphatic hydroxyl groups excluding tert-OH is 1. The molecule has 12 aromatic rings. The topological polar surface area (TPSA) is 278 Å². The van der Waals surface area contributed by atoms with E-state index in [1.807, 2.05) is 220 Å². The van der Waals surface area contributed by atoms with Crippen LogP contribution in [-0.4, -0.2) is 147 Å². The Morgan fingerprint density at radius 1 is 0.516 bits per heavy atom. The molecular weight excluding hydrogens is 1940 g/mol. The predicted octanol–water partition coefficient (Wildman–Crippen LogP) is 25.2. The molecule has 0 radical (unpaired) electrons. The molecule has 678 valence electrons. The average molecular weight is 2060 g/mol. The minimum atomic E-state index is -2.24.